The number of aliphatic hydroxyl groups excluding tert-OH is 1. The highest BCUT2D eigenvalue weighted by atomic mass is 19.1. The molecule has 0 spiro atoms. The lowest BCUT2D eigenvalue weighted by molar-refractivity contribution is 0.269. The van der Waals surface area contributed by atoms with Crippen LogP contribution in [0.3, 0.4) is 0 Å². The van der Waals surface area contributed by atoms with Gasteiger partial charge in [-0.15, -0.1) is 0 Å². The number of fused-ring (bicyclic) bond motifs is 1. The standard InChI is InChI=1S/C17H16FN7O/c18-15-4-2-1-3-12(15)10-25-16-13(8-21-25)7-19-17(23-16)22-14-9-20-24(11-14)5-6-26/h1-4,7-9,11,26H,5-6,10H2,(H,19,22,23). The molecule has 1 aromatic carbocycles. The van der Waals surface area contributed by atoms with Crippen molar-refractivity contribution in [2.24, 2.45) is 0 Å². The highest BCUT2D eigenvalue weighted by molar-refractivity contribution is 5.75. The van der Waals surface area contributed by atoms with E-state index >= 15 is 0 Å². The molecule has 0 bridgehead atoms. The molecular weight excluding hydrogens is 337 g/mol. The number of anilines is 2. The van der Waals surface area contributed by atoms with E-state index in [1.807, 2.05) is 0 Å². The van der Waals surface area contributed by atoms with Crippen LogP contribution in [-0.2, 0) is 13.1 Å². The molecule has 4 aromatic rings. The van der Waals surface area contributed by atoms with Crippen LogP contribution in [0.1, 0.15) is 5.56 Å². The van der Waals surface area contributed by atoms with Gasteiger partial charge in [0.1, 0.15) is 5.82 Å². The summed E-state index contributed by atoms with van der Waals surface area (Å²) in [5.41, 5.74) is 1.85. The molecule has 0 radical (unpaired) electrons. The molecule has 0 saturated carbocycles. The van der Waals surface area contributed by atoms with E-state index in [1.165, 1.54) is 6.07 Å². The van der Waals surface area contributed by atoms with E-state index in [0.717, 1.165) is 5.39 Å². The predicted octanol–water partition coefficient (Wildman–Crippen LogP) is 1.95. The lowest BCUT2D eigenvalue weighted by atomic mass is 10.2. The highest BCUT2D eigenvalue weighted by Crippen LogP contribution is 2.17. The number of nitrogens with one attached hydrogen (secondary N) is 1. The van der Waals surface area contributed by atoms with Crippen LogP contribution in [0.5, 0.6) is 0 Å². The van der Waals surface area contributed by atoms with E-state index in [2.05, 4.69) is 25.5 Å². The number of hydrogen-bond acceptors (Lipinski definition) is 6. The predicted molar refractivity (Wildman–Crippen MR) is 93.4 cm³/mol. The molecule has 0 amide bonds. The molecule has 2 N–H and O–H groups in total. The third kappa shape index (κ3) is 3.24. The minimum atomic E-state index is -0.278. The van der Waals surface area contributed by atoms with Gasteiger partial charge in [0.05, 0.1) is 43.2 Å². The van der Waals surface area contributed by atoms with Crippen LogP contribution in [0.15, 0.2) is 49.1 Å². The molecule has 4 rings (SSSR count). The van der Waals surface area contributed by atoms with Gasteiger partial charge in [-0.05, 0) is 6.07 Å². The molecular formula is C17H16FN7O. The van der Waals surface area contributed by atoms with E-state index in [-0.39, 0.29) is 19.0 Å². The SMILES string of the molecule is OCCn1cc(Nc2ncc3cnn(Cc4ccccc4F)c3n2)cn1. The van der Waals surface area contributed by atoms with Gasteiger partial charge in [-0.3, -0.25) is 4.68 Å². The molecule has 26 heavy (non-hydrogen) atoms. The van der Waals surface area contributed by atoms with Gasteiger partial charge in [-0.25, -0.2) is 14.1 Å². The van der Waals surface area contributed by atoms with Gasteiger partial charge >= 0.3 is 0 Å². The summed E-state index contributed by atoms with van der Waals surface area (Å²) in [6.07, 6.45) is 6.69. The first-order valence-electron chi connectivity index (χ1n) is 8.05. The van der Waals surface area contributed by atoms with E-state index in [4.69, 9.17) is 5.11 Å². The van der Waals surface area contributed by atoms with Gasteiger partial charge in [0.2, 0.25) is 5.95 Å². The van der Waals surface area contributed by atoms with Crippen LogP contribution in [0, 0.1) is 5.82 Å². The highest BCUT2D eigenvalue weighted by Gasteiger charge is 2.10. The van der Waals surface area contributed by atoms with Gasteiger partial charge in [0, 0.05) is 18.0 Å². The minimum absolute atomic E-state index is 0.0127. The summed E-state index contributed by atoms with van der Waals surface area (Å²) in [7, 11) is 0. The Labute approximate surface area is 147 Å². The third-order valence-corrected chi connectivity index (χ3v) is 3.87. The Kier molecular flexibility index (Phi) is 4.28. The summed E-state index contributed by atoms with van der Waals surface area (Å²) in [6, 6.07) is 6.59. The van der Waals surface area contributed by atoms with Crippen molar-refractivity contribution in [3.05, 3.63) is 60.4 Å². The molecule has 132 valence electrons. The Morgan fingerprint density at radius 1 is 1.12 bits per heavy atom. The monoisotopic (exact) mass is 353 g/mol. The maximum Gasteiger partial charge on any atom is 0.229 e. The molecule has 0 aliphatic carbocycles. The Morgan fingerprint density at radius 3 is 2.85 bits per heavy atom. The zero-order valence-electron chi connectivity index (χ0n) is 13.7. The summed E-state index contributed by atoms with van der Waals surface area (Å²) in [4.78, 5) is 8.74. The van der Waals surface area contributed by atoms with Crippen molar-refractivity contribution in [3.63, 3.8) is 0 Å². The van der Waals surface area contributed by atoms with Gasteiger partial charge in [-0.1, -0.05) is 18.2 Å². The molecule has 0 aliphatic rings. The van der Waals surface area contributed by atoms with Crippen molar-refractivity contribution in [1.82, 2.24) is 29.5 Å². The van der Waals surface area contributed by atoms with Crippen molar-refractivity contribution in [2.75, 3.05) is 11.9 Å². The second-order valence-corrected chi connectivity index (χ2v) is 5.71. The van der Waals surface area contributed by atoms with Gasteiger partial charge in [0.25, 0.3) is 0 Å². The van der Waals surface area contributed by atoms with Gasteiger partial charge in [-0.2, -0.15) is 15.2 Å². The molecule has 8 nitrogen and oxygen atoms in total. The topological polar surface area (TPSA) is 93.7 Å². The summed E-state index contributed by atoms with van der Waals surface area (Å²) in [6.45, 7) is 0.705. The van der Waals surface area contributed by atoms with Crippen molar-refractivity contribution < 1.29 is 9.50 Å². The third-order valence-electron chi connectivity index (χ3n) is 3.87. The van der Waals surface area contributed by atoms with Crippen LogP contribution in [-0.4, -0.2) is 41.2 Å². The van der Waals surface area contributed by atoms with Crippen LogP contribution < -0.4 is 5.32 Å². The zero-order valence-corrected chi connectivity index (χ0v) is 13.7. The van der Waals surface area contributed by atoms with E-state index in [9.17, 15) is 4.39 Å². The molecule has 0 aliphatic heterocycles. The number of benzene rings is 1. The summed E-state index contributed by atoms with van der Waals surface area (Å²) < 4.78 is 17.1. The Bertz CT molecular complexity index is 1040. The number of rotatable bonds is 6. The zero-order chi connectivity index (χ0) is 17.9. The number of nitrogens with zero attached hydrogens (tertiary/aromatic N) is 6. The first-order chi connectivity index (χ1) is 12.7. The fraction of sp³-hybridized carbons (Fsp3) is 0.176. The van der Waals surface area contributed by atoms with E-state index in [0.29, 0.717) is 29.4 Å². The Hall–Kier alpha value is -3.33. The second kappa shape index (κ2) is 6.89. The van der Waals surface area contributed by atoms with Gasteiger partial charge in [0.15, 0.2) is 5.65 Å². The van der Waals surface area contributed by atoms with Crippen LogP contribution in [0.25, 0.3) is 11.0 Å². The van der Waals surface area contributed by atoms with Crippen molar-refractivity contribution >= 4 is 22.7 Å². The van der Waals surface area contributed by atoms with Crippen LogP contribution in [0.4, 0.5) is 16.0 Å². The first kappa shape index (κ1) is 16.2. The summed E-state index contributed by atoms with van der Waals surface area (Å²) in [5, 5.41) is 21.2. The van der Waals surface area contributed by atoms with Crippen molar-refractivity contribution in [2.45, 2.75) is 13.1 Å². The average Bonchev–Trinajstić information content (AvgIpc) is 3.24. The molecule has 3 aromatic heterocycles. The molecule has 9 heteroatoms. The number of aliphatic hydroxyl groups is 1. The van der Waals surface area contributed by atoms with E-state index < -0.39 is 0 Å². The number of aromatic nitrogens is 6. The average molecular weight is 353 g/mol. The molecule has 0 saturated heterocycles. The normalized spacial score (nSPS) is 11.2. The Balaban J connectivity index is 1.60. The molecule has 0 atom stereocenters. The summed E-state index contributed by atoms with van der Waals surface area (Å²) >= 11 is 0. The van der Waals surface area contributed by atoms with E-state index in [1.54, 1.807) is 52.4 Å². The maximum atomic E-state index is 13.9. The van der Waals surface area contributed by atoms with Crippen LogP contribution in [0.2, 0.25) is 0 Å². The lowest BCUT2D eigenvalue weighted by Crippen LogP contribution is -2.05. The number of halogens is 1. The number of hydrogen-bond donors (Lipinski definition) is 2. The second-order valence-electron chi connectivity index (χ2n) is 5.71. The minimum Gasteiger partial charge on any atom is -0.394 e. The quantitative estimate of drug-likeness (QED) is 0.550. The molecule has 0 unspecified atom stereocenters. The van der Waals surface area contributed by atoms with Crippen molar-refractivity contribution in [1.29, 1.82) is 0 Å². The smallest absolute Gasteiger partial charge is 0.229 e. The lowest BCUT2D eigenvalue weighted by Gasteiger charge is -2.06. The largest absolute Gasteiger partial charge is 0.394 e. The summed E-state index contributed by atoms with van der Waals surface area (Å²) in [5.74, 6) is 0.108. The molecule has 3 heterocycles. The van der Waals surface area contributed by atoms with Crippen molar-refractivity contribution in [3.8, 4) is 0 Å². The maximum absolute atomic E-state index is 13.9. The van der Waals surface area contributed by atoms with Crippen LogP contribution >= 0.6 is 0 Å². The first-order valence-corrected chi connectivity index (χ1v) is 8.05. The fourth-order valence-corrected chi connectivity index (χ4v) is 2.61. The fourth-order valence-electron chi connectivity index (χ4n) is 2.61. The Morgan fingerprint density at radius 2 is 2.00 bits per heavy atom. The van der Waals surface area contributed by atoms with Gasteiger partial charge < -0.3 is 10.4 Å². The molecule has 0 fully saturated rings.